The van der Waals surface area contributed by atoms with Crippen molar-refractivity contribution < 1.29 is 13.9 Å². The molecule has 1 aliphatic heterocycles. The lowest BCUT2D eigenvalue weighted by Crippen LogP contribution is -2.24. The van der Waals surface area contributed by atoms with Gasteiger partial charge in [0.1, 0.15) is 28.8 Å². The van der Waals surface area contributed by atoms with Gasteiger partial charge in [0.05, 0.1) is 6.54 Å². The molecule has 0 bridgehead atoms. The lowest BCUT2D eigenvalue weighted by molar-refractivity contribution is 0.143. The Hall–Kier alpha value is -2.07. The molecule has 0 unspecified atom stereocenters. The van der Waals surface area contributed by atoms with E-state index in [1.165, 1.54) is 6.07 Å². The highest BCUT2D eigenvalue weighted by Gasteiger charge is 2.29. The van der Waals surface area contributed by atoms with Gasteiger partial charge in [0.25, 0.3) is 6.01 Å². The number of fused-ring (bicyclic) bond motifs is 1. The third-order valence-corrected chi connectivity index (χ3v) is 4.62. The SMILES string of the molecule is CC(C)(C)c1ccc(OC[C@@H]2Cn3c(nc(C#N)c3Br)O2)cc1F. The molecule has 3 rings (SSSR count). The Bertz CT molecular complexity index is 820. The van der Waals surface area contributed by atoms with Crippen molar-refractivity contribution in [3.63, 3.8) is 0 Å². The summed E-state index contributed by atoms with van der Waals surface area (Å²) in [6, 6.07) is 7.30. The summed E-state index contributed by atoms with van der Waals surface area (Å²) in [4.78, 5) is 4.08. The van der Waals surface area contributed by atoms with Crippen molar-refractivity contribution in [2.45, 2.75) is 38.8 Å². The molecule has 0 fully saturated rings. The van der Waals surface area contributed by atoms with E-state index in [9.17, 15) is 4.39 Å². The largest absolute Gasteiger partial charge is 0.490 e. The molecule has 0 saturated carbocycles. The van der Waals surface area contributed by atoms with E-state index in [0.29, 0.717) is 34.2 Å². The monoisotopic (exact) mass is 393 g/mol. The number of aromatic nitrogens is 2. The van der Waals surface area contributed by atoms with E-state index in [0.717, 1.165) is 0 Å². The first kappa shape index (κ1) is 16.8. The van der Waals surface area contributed by atoms with E-state index in [2.05, 4.69) is 20.9 Å². The van der Waals surface area contributed by atoms with Crippen LogP contribution in [0.15, 0.2) is 22.8 Å². The van der Waals surface area contributed by atoms with E-state index in [4.69, 9.17) is 14.7 Å². The lowest BCUT2D eigenvalue weighted by Gasteiger charge is -2.20. The van der Waals surface area contributed by atoms with Crippen LogP contribution in [-0.2, 0) is 12.0 Å². The minimum absolute atomic E-state index is 0.234. The molecule has 1 aliphatic rings. The van der Waals surface area contributed by atoms with Gasteiger partial charge in [-0.15, -0.1) is 0 Å². The number of imidazole rings is 1. The Balaban J connectivity index is 1.64. The van der Waals surface area contributed by atoms with Crippen LogP contribution in [-0.4, -0.2) is 22.3 Å². The third-order valence-electron chi connectivity index (χ3n) is 3.82. The smallest absolute Gasteiger partial charge is 0.299 e. The molecular formula is C17H17BrFN3O2. The van der Waals surface area contributed by atoms with Gasteiger partial charge in [-0.25, -0.2) is 4.39 Å². The Kier molecular flexibility index (Phi) is 4.26. The maximum Gasteiger partial charge on any atom is 0.299 e. The topological polar surface area (TPSA) is 60.1 Å². The summed E-state index contributed by atoms with van der Waals surface area (Å²) in [5, 5.41) is 8.93. The van der Waals surface area contributed by atoms with E-state index < -0.39 is 0 Å². The standard InChI is InChI=1S/C17H17BrFN3O2/c1-17(2,3)12-5-4-10(6-13(12)19)23-9-11-8-22-15(18)14(7-20)21-16(22)24-11/h4-6,11H,8-9H2,1-3H3/t11-/m0/s1. The fraction of sp³-hybridized carbons (Fsp3) is 0.412. The number of nitriles is 1. The number of ether oxygens (including phenoxy) is 2. The Morgan fingerprint density at radius 2 is 2.25 bits per heavy atom. The van der Waals surface area contributed by atoms with Gasteiger partial charge in [-0.1, -0.05) is 26.8 Å². The number of halogens is 2. The van der Waals surface area contributed by atoms with Crippen LogP contribution in [0.1, 0.15) is 32.0 Å². The Morgan fingerprint density at radius 3 is 2.83 bits per heavy atom. The molecular weight excluding hydrogens is 377 g/mol. The van der Waals surface area contributed by atoms with E-state index >= 15 is 0 Å². The van der Waals surface area contributed by atoms with Crippen LogP contribution in [0, 0.1) is 17.1 Å². The van der Waals surface area contributed by atoms with Crippen molar-refractivity contribution in [1.82, 2.24) is 9.55 Å². The number of benzene rings is 1. The molecule has 126 valence electrons. The molecule has 7 heteroatoms. The molecule has 1 aromatic carbocycles. The minimum Gasteiger partial charge on any atom is -0.490 e. The first-order valence-corrected chi connectivity index (χ1v) is 8.34. The predicted octanol–water partition coefficient (Wildman–Crippen LogP) is 3.79. The third kappa shape index (κ3) is 3.11. The van der Waals surface area contributed by atoms with Crippen molar-refractivity contribution in [2.24, 2.45) is 0 Å². The summed E-state index contributed by atoms with van der Waals surface area (Å²) in [5.74, 6) is 0.187. The maximum atomic E-state index is 14.2. The first-order chi connectivity index (χ1) is 11.3. The second-order valence-electron chi connectivity index (χ2n) is 6.70. The molecule has 2 heterocycles. The average molecular weight is 394 g/mol. The van der Waals surface area contributed by atoms with Crippen LogP contribution in [0.25, 0.3) is 0 Å². The average Bonchev–Trinajstić information content (AvgIpc) is 3.03. The van der Waals surface area contributed by atoms with Crippen LogP contribution in [0.4, 0.5) is 4.39 Å². The maximum absolute atomic E-state index is 14.2. The number of hydrogen-bond donors (Lipinski definition) is 0. The minimum atomic E-state index is -0.276. The highest BCUT2D eigenvalue weighted by molar-refractivity contribution is 9.10. The van der Waals surface area contributed by atoms with Gasteiger partial charge in [-0.2, -0.15) is 10.2 Å². The van der Waals surface area contributed by atoms with Crippen LogP contribution < -0.4 is 9.47 Å². The molecule has 1 aromatic heterocycles. The zero-order valence-electron chi connectivity index (χ0n) is 13.6. The van der Waals surface area contributed by atoms with Crippen molar-refractivity contribution in [2.75, 3.05) is 6.61 Å². The van der Waals surface area contributed by atoms with Crippen molar-refractivity contribution in [3.8, 4) is 17.8 Å². The highest BCUT2D eigenvalue weighted by Crippen LogP contribution is 2.30. The predicted molar refractivity (Wildman–Crippen MR) is 89.7 cm³/mol. The van der Waals surface area contributed by atoms with Gasteiger partial charge in [0.15, 0.2) is 11.8 Å². The fourth-order valence-electron chi connectivity index (χ4n) is 2.59. The summed E-state index contributed by atoms with van der Waals surface area (Å²) >= 11 is 3.33. The van der Waals surface area contributed by atoms with Crippen LogP contribution in [0.5, 0.6) is 11.8 Å². The highest BCUT2D eigenvalue weighted by atomic mass is 79.9. The molecule has 0 aliphatic carbocycles. The number of rotatable bonds is 3. The molecule has 0 radical (unpaired) electrons. The zero-order chi connectivity index (χ0) is 17.5. The molecule has 0 amide bonds. The summed E-state index contributed by atoms with van der Waals surface area (Å²) in [5.41, 5.74) is 0.696. The number of nitrogens with zero attached hydrogens (tertiary/aromatic N) is 3. The quantitative estimate of drug-likeness (QED) is 0.795. The van der Waals surface area contributed by atoms with Crippen molar-refractivity contribution in [3.05, 3.63) is 39.9 Å². The van der Waals surface area contributed by atoms with E-state index in [1.54, 1.807) is 16.7 Å². The van der Waals surface area contributed by atoms with E-state index in [-0.39, 0.29) is 23.9 Å². The molecule has 0 N–H and O–H groups in total. The second kappa shape index (κ2) is 6.10. The van der Waals surface area contributed by atoms with Gasteiger partial charge in [0.2, 0.25) is 0 Å². The van der Waals surface area contributed by atoms with Crippen LogP contribution >= 0.6 is 15.9 Å². The molecule has 1 atom stereocenters. The van der Waals surface area contributed by atoms with Crippen molar-refractivity contribution >= 4 is 15.9 Å². The summed E-state index contributed by atoms with van der Waals surface area (Å²) in [7, 11) is 0. The molecule has 0 saturated heterocycles. The second-order valence-corrected chi connectivity index (χ2v) is 7.45. The number of hydrogen-bond acceptors (Lipinski definition) is 4. The molecule has 24 heavy (non-hydrogen) atoms. The van der Waals surface area contributed by atoms with Gasteiger partial charge in [0, 0.05) is 6.07 Å². The fourth-order valence-corrected chi connectivity index (χ4v) is 3.07. The Morgan fingerprint density at radius 1 is 1.50 bits per heavy atom. The molecule has 5 nitrogen and oxygen atoms in total. The van der Waals surface area contributed by atoms with Gasteiger partial charge < -0.3 is 9.47 Å². The van der Waals surface area contributed by atoms with Gasteiger partial charge >= 0.3 is 0 Å². The van der Waals surface area contributed by atoms with Crippen molar-refractivity contribution in [1.29, 1.82) is 5.26 Å². The molecule has 2 aromatic rings. The van der Waals surface area contributed by atoms with Gasteiger partial charge in [-0.05, 0) is 33.0 Å². The summed E-state index contributed by atoms with van der Waals surface area (Å²) < 4.78 is 27.9. The molecule has 0 spiro atoms. The normalized spacial score (nSPS) is 16.4. The van der Waals surface area contributed by atoms with Gasteiger partial charge in [-0.3, -0.25) is 4.57 Å². The van der Waals surface area contributed by atoms with Crippen LogP contribution in [0.2, 0.25) is 0 Å². The summed E-state index contributed by atoms with van der Waals surface area (Å²) in [6.07, 6.45) is -0.234. The summed E-state index contributed by atoms with van der Waals surface area (Å²) in [6.45, 7) is 6.69. The Labute approximate surface area is 148 Å². The van der Waals surface area contributed by atoms with E-state index in [1.807, 2.05) is 26.8 Å². The zero-order valence-corrected chi connectivity index (χ0v) is 15.2. The lowest BCUT2D eigenvalue weighted by atomic mass is 9.87. The first-order valence-electron chi connectivity index (χ1n) is 7.55. The van der Waals surface area contributed by atoms with Crippen LogP contribution in [0.3, 0.4) is 0 Å².